The number of anilines is 1. The Morgan fingerprint density at radius 3 is 3.00 bits per heavy atom. The van der Waals surface area contributed by atoms with Crippen molar-refractivity contribution in [2.75, 3.05) is 37.7 Å². The van der Waals surface area contributed by atoms with Crippen molar-refractivity contribution >= 4 is 17.5 Å². The fourth-order valence-electron chi connectivity index (χ4n) is 2.90. The number of nitrogens with one attached hydrogen (secondary N) is 2. The Kier molecular flexibility index (Phi) is 5.48. The van der Waals surface area contributed by atoms with E-state index in [0.29, 0.717) is 18.7 Å². The summed E-state index contributed by atoms with van der Waals surface area (Å²) >= 11 is 0. The molecular formula is C18H23N3O3. The molecule has 3 rings (SSSR count). The summed E-state index contributed by atoms with van der Waals surface area (Å²) in [5.74, 6) is 0.598. The highest BCUT2D eigenvalue weighted by Gasteiger charge is 2.21. The Bertz CT molecular complexity index is 642. The van der Waals surface area contributed by atoms with Crippen LogP contribution >= 0.6 is 0 Å². The van der Waals surface area contributed by atoms with E-state index in [0.717, 1.165) is 38.2 Å². The zero-order chi connectivity index (χ0) is 16.8. The molecule has 1 aromatic carbocycles. The van der Waals surface area contributed by atoms with Gasteiger partial charge < -0.3 is 20.3 Å². The third kappa shape index (κ3) is 4.35. The topological polar surface area (TPSA) is 70.7 Å². The van der Waals surface area contributed by atoms with Crippen molar-refractivity contribution in [1.82, 2.24) is 10.6 Å². The summed E-state index contributed by atoms with van der Waals surface area (Å²) in [4.78, 5) is 25.5. The maximum atomic E-state index is 11.9. The Morgan fingerprint density at radius 2 is 2.25 bits per heavy atom. The fourth-order valence-corrected chi connectivity index (χ4v) is 2.90. The van der Waals surface area contributed by atoms with Gasteiger partial charge in [-0.25, -0.2) is 0 Å². The van der Waals surface area contributed by atoms with E-state index in [1.807, 2.05) is 18.2 Å². The van der Waals surface area contributed by atoms with Gasteiger partial charge >= 0.3 is 0 Å². The van der Waals surface area contributed by atoms with E-state index in [9.17, 15) is 9.59 Å². The van der Waals surface area contributed by atoms with Gasteiger partial charge in [0.05, 0.1) is 0 Å². The van der Waals surface area contributed by atoms with Crippen molar-refractivity contribution in [1.29, 1.82) is 0 Å². The van der Waals surface area contributed by atoms with Crippen LogP contribution in [0.15, 0.2) is 35.9 Å². The monoisotopic (exact) mass is 329 g/mol. The lowest BCUT2D eigenvalue weighted by Crippen LogP contribution is -2.32. The molecule has 2 amide bonds. The number of amides is 2. The van der Waals surface area contributed by atoms with E-state index in [2.05, 4.69) is 16.7 Å². The summed E-state index contributed by atoms with van der Waals surface area (Å²) in [5.41, 5.74) is 2.08. The minimum Gasteiger partial charge on any atom is -0.484 e. The average molecular weight is 329 g/mol. The largest absolute Gasteiger partial charge is 0.484 e. The molecule has 2 aliphatic rings. The van der Waals surface area contributed by atoms with Crippen LogP contribution in [0.3, 0.4) is 0 Å². The van der Waals surface area contributed by atoms with Crippen LogP contribution in [-0.2, 0) is 9.59 Å². The number of rotatable bonds is 6. The van der Waals surface area contributed by atoms with Crippen LogP contribution in [0, 0.1) is 0 Å². The number of ether oxygens (including phenoxy) is 1. The van der Waals surface area contributed by atoms with Crippen molar-refractivity contribution in [3.05, 3.63) is 35.9 Å². The van der Waals surface area contributed by atoms with Crippen LogP contribution in [0.2, 0.25) is 0 Å². The van der Waals surface area contributed by atoms with Crippen LogP contribution in [0.4, 0.5) is 5.69 Å². The van der Waals surface area contributed by atoms with Crippen LogP contribution in [-0.4, -0.2) is 44.6 Å². The van der Waals surface area contributed by atoms with Gasteiger partial charge in [0.15, 0.2) is 6.61 Å². The molecule has 2 heterocycles. The molecular weight excluding hydrogens is 306 g/mol. The number of carbonyl (C=O) groups excluding carboxylic acids is 2. The number of hydrogen-bond acceptors (Lipinski definition) is 4. The minimum absolute atomic E-state index is 0.0249. The first-order valence-electron chi connectivity index (χ1n) is 8.41. The zero-order valence-electron chi connectivity index (χ0n) is 13.7. The molecule has 1 fully saturated rings. The van der Waals surface area contributed by atoms with E-state index in [1.165, 1.54) is 5.57 Å². The third-order valence-electron chi connectivity index (χ3n) is 4.24. The molecule has 0 spiro atoms. The average Bonchev–Trinajstić information content (AvgIpc) is 3.05. The molecule has 0 aliphatic carbocycles. The fraction of sp³-hybridized carbons (Fsp3) is 0.444. The summed E-state index contributed by atoms with van der Waals surface area (Å²) in [5, 5.41) is 6.11. The summed E-state index contributed by atoms with van der Waals surface area (Å²) in [6, 6.07) is 7.34. The van der Waals surface area contributed by atoms with Gasteiger partial charge in [-0.15, -0.1) is 0 Å². The smallest absolute Gasteiger partial charge is 0.258 e. The van der Waals surface area contributed by atoms with Crippen molar-refractivity contribution in [3.63, 3.8) is 0 Å². The first-order valence-corrected chi connectivity index (χ1v) is 8.41. The molecule has 24 heavy (non-hydrogen) atoms. The summed E-state index contributed by atoms with van der Waals surface area (Å²) in [6.45, 7) is 3.12. The van der Waals surface area contributed by atoms with Gasteiger partial charge in [0.1, 0.15) is 5.75 Å². The molecule has 0 saturated carbocycles. The van der Waals surface area contributed by atoms with E-state index < -0.39 is 0 Å². The quantitative estimate of drug-likeness (QED) is 0.770. The highest BCUT2D eigenvalue weighted by Crippen LogP contribution is 2.25. The molecule has 2 aliphatic heterocycles. The number of benzene rings is 1. The lowest BCUT2D eigenvalue weighted by Gasteiger charge is -2.17. The van der Waals surface area contributed by atoms with Crippen molar-refractivity contribution in [2.24, 2.45) is 0 Å². The van der Waals surface area contributed by atoms with Gasteiger partial charge in [0.2, 0.25) is 5.91 Å². The minimum atomic E-state index is -0.142. The molecule has 128 valence electrons. The lowest BCUT2D eigenvalue weighted by molar-refractivity contribution is -0.123. The van der Waals surface area contributed by atoms with Gasteiger partial charge in [-0.05, 0) is 31.5 Å². The van der Waals surface area contributed by atoms with E-state index in [-0.39, 0.29) is 18.4 Å². The van der Waals surface area contributed by atoms with Crippen molar-refractivity contribution < 1.29 is 14.3 Å². The normalized spacial score (nSPS) is 17.6. The summed E-state index contributed by atoms with van der Waals surface area (Å²) in [6.07, 6.45) is 4.56. The Hall–Kier alpha value is -2.34. The number of hydrogen-bond donors (Lipinski definition) is 2. The number of nitrogens with zero attached hydrogens (tertiary/aromatic N) is 1. The molecule has 0 atom stereocenters. The van der Waals surface area contributed by atoms with Crippen molar-refractivity contribution in [3.8, 4) is 5.75 Å². The predicted octanol–water partition coefficient (Wildman–Crippen LogP) is 1.23. The van der Waals surface area contributed by atoms with Gasteiger partial charge in [0, 0.05) is 37.8 Å². The predicted molar refractivity (Wildman–Crippen MR) is 92.1 cm³/mol. The molecule has 0 radical (unpaired) electrons. The maximum Gasteiger partial charge on any atom is 0.258 e. The standard InChI is InChI=1S/C18H23N3O3/c22-17(20-12-14-6-8-19-9-7-14)13-24-16-4-1-3-15(11-16)21-10-2-5-18(21)23/h1,3-4,6,11,19H,2,5,7-10,12-13H2,(H,20,22). The number of carbonyl (C=O) groups is 2. The van der Waals surface area contributed by atoms with Crippen LogP contribution in [0.5, 0.6) is 5.75 Å². The Morgan fingerprint density at radius 1 is 1.33 bits per heavy atom. The second-order valence-electron chi connectivity index (χ2n) is 6.03. The molecule has 0 unspecified atom stereocenters. The SMILES string of the molecule is O=C(COc1cccc(N2CCCC2=O)c1)NCC1=CCNCC1. The molecule has 1 saturated heterocycles. The Labute approximate surface area is 141 Å². The molecule has 1 aromatic rings. The van der Waals surface area contributed by atoms with Gasteiger partial charge in [-0.2, -0.15) is 0 Å². The highest BCUT2D eigenvalue weighted by molar-refractivity contribution is 5.95. The first-order chi connectivity index (χ1) is 11.7. The second-order valence-corrected chi connectivity index (χ2v) is 6.03. The molecule has 6 nitrogen and oxygen atoms in total. The first kappa shape index (κ1) is 16.5. The second kappa shape index (κ2) is 7.97. The van der Waals surface area contributed by atoms with E-state index in [4.69, 9.17) is 4.74 Å². The van der Waals surface area contributed by atoms with Gasteiger partial charge in [-0.3, -0.25) is 9.59 Å². The van der Waals surface area contributed by atoms with E-state index >= 15 is 0 Å². The van der Waals surface area contributed by atoms with Crippen LogP contribution in [0.25, 0.3) is 0 Å². The zero-order valence-corrected chi connectivity index (χ0v) is 13.7. The van der Waals surface area contributed by atoms with Crippen LogP contribution in [0.1, 0.15) is 19.3 Å². The maximum absolute atomic E-state index is 11.9. The molecule has 0 aromatic heterocycles. The van der Waals surface area contributed by atoms with Gasteiger partial charge in [0.25, 0.3) is 5.91 Å². The van der Waals surface area contributed by atoms with Gasteiger partial charge in [-0.1, -0.05) is 17.7 Å². The summed E-state index contributed by atoms with van der Waals surface area (Å²) < 4.78 is 5.56. The molecule has 2 N–H and O–H groups in total. The van der Waals surface area contributed by atoms with Crippen LogP contribution < -0.4 is 20.3 Å². The highest BCUT2D eigenvalue weighted by atomic mass is 16.5. The molecule has 6 heteroatoms. The van der Waals surface area contributed by atoms with Crippen molar-refractivity contribution in [2.45, 2.75) is 19.3 Å². The lowest BCUT2D eigenvalue weighted by atomic mass is 10.1. The summed E-state index contributed by atoms with van der Waals surface area (Å²) in [7, 11) is 0. The third-order valence-corrected chi connectivity index (χ3v) is 4.24. The van der Waals surface area contributed by atoms with E-state index in [1.54, 1.807) is 11.0 Å². The Balaban J connectivity index is 1.48. The molecule has 0 bridgehead atoms.